The molecule has 0 atom stereocenters. The SMILES string of the molecule is CCNc1ssc(=S)[n+]1CC.[Cl-]. The Hall–Kier alpha value is 0.290. The molecule has 70 valence electrons. The summed E-state index contributed by atoms with van der Waals surface area (Å²) < 4.78 is 3.09. The van der Waals surface area contributed by atoms with Crippen molar-refractivity contribution in [1.82, 2.24) is 0 Å². The summed E-state index contributed by atoms with van der Waals surface area (Å²) in [5, 5.41) is 4.46. The van der Waals surface area contributed by atoms with Gasteiger partial charge in [0.2, 0.25) is 0 Å². The standard InChI is InChI=1S/C6H10N2S3.ClH/c1-3-7-5-8(4-2)6(9)11-10-5;/h3-4H2,1-2H3;1H. The zero-order chi connectivity index (χ0) is 8.27. The van der Waals surface area contributed by atoms with Crippen LogP contribution in [-0.4, -0.2) is 6.54 Å². The Kier molecular flexibility index (Phi) is 6.00. The minimum absolute atomic E-state index is 0. The lowest BCUT2D eigenvalue weighted by molar-refractivity contribution is -0.679. The van der Waals surface area contributed by atoms with Crippen LogP contribution in [0.15, 0.2) is 0 Å². The number of nitrogens with zero attached hydrogens (tertiary/aromatic N) is 1. The molecule has 6 heteroatoms. The van der Waals surface area contributed by atoms with E-state index in [0.29, 0.717) is 0 Å². The van der Waals surface area contributed by atoms with Crippen molar-refractivity contribution in [2.75, 3.05) is 11.9 Å². The van der Waals surface area contributed by atoms with Gasteiger partial charge in [-0.15, -0.1) is 0 Å². The highest BCUT2D eigenvalue weighted by Gasteiger charge is 2.10. The fourth-order valence-corrected chi connectivity index (χ4v) is 3.58. The Morgan fingerprint density at radius 2 is 2.08 bits per heavy atom. The van der Waals surface area contributed by atoms with Crippen molar-refractivity contribution in [3.8, 4) is 0 Å². The Labute approximate surface area is 91.1 Å². The van der Waals surface area contributed by atoms with Crippen LogP contribution >= 0.6 is 32.9 Å². The van der Waals surface area contributed by atoms with E-state index in [1.54, 1.807) is 20.7 Å². The van der Waals surface area contributed by atoms with Gasteiger partial charge in [-0.1, -0.05) is 0 Å². The van der Waals surface area contributed by atoms with Gasteiger partial charge in [-0.05, 0) is 36.4 Å². The van der Waals surface area contributed by atoms with Crippen molar-refractivity contribution in [3.05, 3.63) is 3.95 Å². The molecule has 2 nitrogen and oxygen atoms in total. The molecule has 0 bridgehead atoms. The third-order valence-electron chi connectivity index (χ3n) is 1.30. The van der Waals surface area contributed by atoms with Gasteiger partial charge in [-0.3, -0.25) is 5.32 Å². The van der Waals surface area contributed by atoms with Crippen LogP contribution in [0.25, 0.3) is 0 Å². The smallest absolute Gasteiger partial charge is 0.345 e. The fourth-order valence-electron chi connectivity index (χ4n) is 0.797. The second-order valence-corrected chi connectivity index (χ2v) is 4.76. The molecule has 0 aliphatic rings. The van der Waals surface area contributed by atoms with Crippen LogP contribution in [0.5, 0.6) is 0 Å². The highest BCUT2D eigenvalue weighted by atomic mass is 35.5. The second-order valence-electron chi connectivity index (χ2n) is 2.01. The Morgan fingerprint density at radius 3 is 2.58 bits per heavy atom. The molecule has 1 aromatic heterocycles. The van der Waals surface area contributed by atoms with Crippen molar-refractivity contribution in [2.45, 2.75) is 20.4 Å². The van der Waals surface area contributed by atoms with Gasteiger partial charge in [0.05, 0.1) is 13.1 Å². The van der Waals surface area contributed by atoms with Gasteiger partial charge in [-0.2, -0.15) is 4.57 Å². The molecule has 0 aliphatic carbocycles. The number of aromatic nitrogens is 1. The van der Waals surface area contributed by atoms with Gasteiger partial charge < -0.3 is 12.4 Å². The third kappa shape index (κ3) is 2.65. The Balaban J connectivity index is 0.00000121. The van der Waals surface area contributed by atoms with Crippen LogP contribution in [0.3, 0.4) is 0 Å². The number of hydrogen-bond donors (Lipinski definition) is 1. The van der Waals surface area contributed by atoms with Crippen LogP contribution in [0.2, 0.25) is 0 Å². The number of nitrogens with one attached hydrogen (secondary N) is 1. The lowest BCUT2D eigenvalue weighted by atomic mass is 10.7. The van der Waals surface area contributed by atoms with E-state index >= 15 is 0 Å². The average molecular weight is 243 g/mol. The Morgan fingerprint density at radius 1 is 1.42 bits per heavy atom. The van der Waals surface area contributed by atoms with Crippen molar-refractivity contribution in [1.29, 1.82) is 0 Å². The Bertz CT molecular complexity index is 281. The summed E-state index contributed by atoms with van der Waals surface area (Å²) in [5.74, 6) is 0. The number of halogens is 1. The summed E-state index contributed by atoms with van der Waals surface area (Å²) in [5.41, 5.74) is 0. The number of hydrogen-bond acceptors (Lipinski definition) is 4. The zero-order valence-corrected chi connectivity index (χ0v) is 10.2. The summed E-state index contributed by atoms with van der Waals surface area (Å²) in [6.45, 7) is 6.12. The average Bonchev–Trinajstić information content (AvgIpc) is 2.33. The summed E-state index contributed by atoms with van der Waals surface area (Å²) in [6.07, 6.45) is 0. The quantitative estimate of drug-likeness (QED) is 0.428. The number of rotatable bonds is 3. The van der Waals surface area contributed by atoms with E-state index in [1.807, 2.05) is 0 Å². The monoisotopic (exact) mass is 242 g/mol. The fraction of sp³-hybridized carbons (Fsp3) is 0.667. The summed E-state index contributed by atoms with van der Waals surface area (Å²) in [6, 6.07) is 0. The maximum Gasteiger partial charge on any atom is 0.345 e. The first-order chi connectivity index (χ1) is 5.29. The molecule has 1 rings (SSSR count). The van der Waals surface area contributed by atoms with E-state index < -0.39 is 0 Å². The first kappa shape index (κ1) is 12.3. The van der Waals surface area contributed by atoms with Gasteiger partial charge in [0, 0.05) is 10.3 Å². The van der Waals surface area contributed by atoms with Crippen LogP contribution < -0.4 is 22.3 Å². The van der Waals surface area contributed by atoms with Crippen molar-refractivity contribution >= 4 is 38.0 Å². The molecule has 0 saturated heterocycles. The minimum Gasteiger partial charge on any atom is -1.00 e. The molecule has 0 radical (unpaired) electrons. The van der Waals surface area contributed by atoms with Crippen LogP contribution in [-0.2, 0) is 6.54 Å². The van der Waals surface area contributed by atoms with E-state index in [1.165, 1.54) is 5.13 Å². The molecule has 1 aromatic rings. The third-order valence-corrected chi connectivity index (χ3v) is 4.25. The number of anilines is 1. The first-order valence-electron chi connectivity index (χ1n) is 3.56. The summed E-state index contributed by atoms with van der Waals surface area (Å²) >= 11 is 5.14. The molecule has 0 aliphatic heterocycles. The van der Waals surface area contributed by atoms with Crippen LogP contribution in [0, 0.1) is 3.95 Å². The van der Waals surface area contributed by atoms with Crippen molar-refractivity contribution < 1.29 is 17.0 Å². The van der Waals surface area contributed by atoms with Crippen molar-refractivity contribution in [3.63, 3.8) is 0 Å². The van der Waals surface area contributed by atoms with Crippen molar-refractivity contribution in [2.24, 2.45) is 0 Å². The van der Waals surface area contributed by atoms with Gasteiger partial charge >= 0.3 is 5.13 Å². The maximum absolute atomic E-state index is 5.14. The van der Waals surface area contributed by atoms with Gasteiger partial charge in [0.15, 0.2) is 0 Å². The maximum atomic E-state index is 5.14. The molecule has 0 aromatic carbocycles. The lowest BCUT2D eigenvalue weighted by Crippen LogP contribution is -3.00. The van der Waals surface area contributed by atoms with Crippen LogP contribution in [0.4, 0.5) is 5.13 Å². The molecule has 0 unspecified atom stereocenters. The molecule has 0 spiro atoms. The zero-order valence-electron chi connectivity index (χ0n) is 6.96. The molecule has 0 saturated carbocycles. The van der Waals surface area contributed by atoms with E-state index in [4.69, 9.17) is 12.2 Å². The minimum atomic E-state index is 0. The molecule has 1 heterocycles. The summed E-state index contributed by atoms with van der Waals surface area (Å²) in [7, 11) is 3.37. The van der Waals surface area contributed by atoms with Gasteiger partial charge in [-0.25, -0.2) is 0 Å². The van der Waals surface area contributed by atoms with Crippen LogP contribution in [0.1, 0.15) is 13.8 Å². The largest absolute Gasteiger partial charge is 1.00 e. The molecule has 1 N–H and O–H groups in total. The molecule has 12 heavy (non-hydrogen) atoms. The lowest BCUT2D eigenvalue weighted by Gasteiger charge is -1.93. The molecular weight excluding hydrogens is 232 g/mol. The topological polar surface area (TPSA) is 15.9 Å². The van der Waals surface area contributed by atoms with E-state index in [9.17, 15) is 0 Å². The van der Waals surface area contributed by atoms with Gasteiger partial charge in [0.25, 0.3) is 3.95 Å². The first-order valence-corrected chi connectivity index (χ1v) is 6.12. The van der Waals surface area contributed by atoms with E-state index in [2.05, 4.69) is 23.7 Å². The highest BCUT2D eigenvalue weighted by Crippen LogP contribution is 2.16. The molecule has 0 amide bonds. The van der Waals surface area contributed by atoms with E-state index in [-0.39, 0.29) is 12.4 Å². The molecule has 0 fully saturated rings. The normalized spacial score (nSPS) is 9.17. The molecular formula is C6H11ClN2S3. The van der Waals surface area contributed by atoms with Gasteiger partial charge in [0.1, 0.15) is 0 Å². The summed E-state index contributed by atoms with van der Waals surface area (Å²) in [4.78, 5) is 0. The predicted molar refractivity (Wildman–Crippen MR) is 53.1 cm³/mol. The predicted octanol–water partition coefficient (Wildman–Crippen LogP) is -0.718. The second kappa shape index (κ2) is 5.85. The highest BCUT2D eigenvalue weighted by molar-refractivity contribution is 7.79. The van der Waals surface area contributed by atoms with E-state index in [0.717, 1.165) is 17.0 Å².